The molecule has 4 nitrogen and oxygen atoms in total. The Labute approximate surface area is 81.2 Å². The minimum Gasteiger partial charge on any atom is -0.384 e. The third-order valence-electron chi connectivity index (χ3n) is 1.83. The van der Waals surface area contributed by atoms with Crippen LogP contribution in [0.3, 0.4) is 0 Å². The molecule has 1 aromatic heterocycles. The van der Waals surface area contributed by atoms with Gasteiger partial charge in [-0.2, -0.15) is 4.98 Å². The molecule has 0 radical (unpaired) electrons. The minimum atomic E-state index is -0.722. The molecule has 2 rings (SSSR count). The van der Waals surface area contributed by atoms with E-state index in [1.54, 1.807) is 6.92 Å². The summed E-state index contributed by atoms with van der Waals surface area (Å²) in [6.45, 7) is 1.59. The summed E-state index contributed by atoms with van der Waals surface area (Å²) in [7, 11) is 0. The van der Waals surface area contributed by atoms with E-state index in [9.17, 15) is 5.11 Å². The molecule has 14 heavy (non-hydrogen) atoms. The van der Waals surface area contributed by atoms with E-state index in [1.807, 2.05) is 30.3 Å². The molecule has 0 saturated heterocycles. The van der Waals surface area contributed by atoms with Crippen molar-refractivity contribution in [3.63, 3.8) is 0 Å². The number of aromatic nitrogens is 2. The average Bonchev–Trinajstić information content (AvgIpc) is 2.68. The second kappa shape index (κ2) is 3.59. The van der Waals surface area contributed by atoms with Gasteiger partial charge in [-0.3, -0.25) is 0 Å². The third-order valence-corrected chi connectivity index (χ3v) is 1.83. The Kier molecular flexibility index (Phi) is 2.28. The number of nitrogens with zero attached hydrogens (tertiary/aromatic N) is 2. The van der Waals surface area contributed by atoms with Crippen molar-refractivity contribution in [2.24, 2.45) is 0 Å². The summed E-state index contributed by atoms with van der Waals surface area (Å²) >= 11 is 0. The Bertz CT molecular complexity index is 409. The first-order valence-corrected chi connectivity index (χ1v) is 4.34. The largest absolute Gasteiger partial charge is 0.384 e. The van der Waals surface area contributed by atoms with Crippen LogP contribution in [0.25, 0.3) is 11.4 Å². The van der Waals surface area contributed by atoms with Crippen molar-refractivity contribution in [2.75, 3.05) is 0 Å². The summed E-state index contributed by atoms with van der Waals surface area (Å²) in [5, 5.41) is 12.9. The molecule has 1 atom stereocenters. The highest BCUT2D eigenvalue weighted by Gasteiger charge is 2.11. The van der Waals surface area contributed by atoms with Crippen LogP contribution in [0.4, 0.5) is 0 Å². The van der Waals surface area contributed by atoms with E-state index in [2.05, 4.69) is 10.1 Å². The van der Waals surface area contributed by atoms with E-state index in [0.717, 1.165) is 5.56 Å². The van der Waals surface area contributed by atoms with Crippen molar-refractivity contribution in [1.29, 1.82) is 0 Å². The Morgan fingerprint density at radius 1 is 1.29 bits per heavy atom. The smallest absolute Gasteiger partial charge is 0.255 e. The summed E-state index contributed by atoms with van der Waals surface area (Å²) in [5.41, 5.74) is 0.878. The Hall–Kier alpha value is -1.68. The number of aliphatic hydroxyl groups excluding tert-OH is 1. The summed E-state index contributed by atoms with van der Waals surface area (Å²) in [6.07, 6.45) is -0.722. The molecule has 1 N–H and O–H groups in total. The maximum Gasteiger partial charge on any atom is 0.255 e. The molecule has 0 saturated carbocycles. The molecule has 2 aromatic rings. The molecule has 4 heteroatoms. The lowest BCUT2D eigenvalue weighted by Crippen LogP contribution is -1.90. The predicted molar refractivity (Wildman–Crippen MR) is 50.4 cm³/mol. The van der Waals surface area contributed by atoms with Crippen LogP contribution in [0.15, 0.2) is 34.9 Å². The zero-order valence-corrected chi connectivity index (χ0v) is 7.71. The number of hydrogen-bond donors (Lipinski definition) is 1. The van der Waals surface area contributed by atoms with Gasteiger partial charge in [0.25, 0.3) is 5.89 Å². The van der Waals surface area contributed by atoms with Crippen LogP contribution < -0.4 is 0 Å². The van der Waals surface area contributed by atoms with Crippen molar-refractivity contribution >= 4 is 0 Å². The minimum absolute atomic E-state index is 0.240. The molecular weight excluding hydrogens is 180 g/mol. The van der Waals surface area contributed by atoms with E-state index in [4.69, 9.17) is 4.52 Å². The standard InChI is InChI=1S/C10H10N2O2/c1-7(13)10-11-9(12-14-10)8-5-3-2-4-6-8/h2-7,13H,1H3/t7-/m0/s1. The molecule has 0 spiro atoms. The van der Waals surface area contributed by atoms with E-state index < -0.39 is 6.10 Å². The summed E-state index contributed by atoms with van der Waals surface area (Å²) < 4.78 is 4.87. The monoisotopic (exact) mass is 190 g/mol. The van der Waals surface area contributed by atoms with Gasteiger partial charge in [0, 0.05) is 5.56 Å². The fraction of sp³-hybridized carbons (Fsp3) is 0.200. The first-order valence-electron chi connectivity index (χ1n) is 4.34. The quantitative estimate of drug-likeness (QED) is 0.784. The van der Waals surface area contributed by atoms with Gasteiger partial charge in [0.05, 0.1) is 0 Å². The van der Waals surface area contributed by atoms with Gasteiger partial charge in [0.1, 0.15) is 6.10 Å². The summed E-state index contributed by atoms with van der Waals surface area (Å²) in [5.74, 6) is 0.741. The topological polar surface area (TPSA) is 59.2 Å². The molecule has 0 amide bonds. The maximum atomic E-state index is 9.19. The maximum absolute atomic E-state index is 9.19. The molecule has 0 aliphatic rings. The first-order chi connectivity index (χ1) is 6.77. The van der Waals surface area contributed by atoms with E-state index in [1.165, 1.54) is 0 Å². The van der Waals surface area contributed by atoms with Gasteiger partial charge in [-0.1, -0.05) is 35.5 Å². The number of aliphatic hydroxyl groups is 1. The van der Waals surface area contributed by atoms with Crippen LogP contribution in [0.1, 0.15) is 18.9 Å². The van der Waals surface area contributed by atoms with Crippen LogP contribution >= 0.6 is 0 Å². The Balaban J connectivity index is 2.34. The van der Waals surface area contributed by atoms with Crippen LogP contribution in [0, 0.1) is 0 Å². The molecular formula is C10H10N2O2. The second-order valence-electron chi connectivity index (χ2n) is 3.00. The van der Waals surface area contributed by atoms with Crippen molar-refractivity contribution in [2.45, 2.75) is 13.0 Å². The number of rotatable bonds is 2. The summed E-state index contributed by atoms with van der Waals surface area (Å²) in [6, 6.07) is 9.48. The third kappa shape index (κ3) is 1.65. The van der Waals surface area contributed by atoms with Crippen LogP contribution in [-0.2, 0) is 0 Å². The fourth-order valence-electron chi connectivity index (χ4n) is 1.11. The molecule has 0 unspecified atom stereocenters. The first kappa shape index (κ1) is 8.90. The zero-order chi connectivity index (χ0) is 9.97. The lowest BCUT2D eigenvalue weighted by atomic mass is 10.2. The number of benzene rings is 1. The zero-order valence-electron chi connectivity index (χ0n) is 7.71. The van der Waals surface area contributed by atoms with E-state index in [-0.39, 0.29) is 5.89 Å². The Morgan fingerprint density at radius 2 is 2.00 bits per heavy atom. The van der Waals surface area contributed by atoms with Gasteiger partial charge in [-0.15, -0.1) is 0 Å². The van der Waals surface area contributed by atoms with Gasteiger partial charge in [-0.25, -0.2) is 0 Å². The normalized spacial score (nSPS) is 12.7. The fourth-order valence-corrected chi connectivity index (χ4v) is 1.11. The van der Waals surface area contributed by atoms with Crippen molar-refractivity contribution < 1.29 is 9.63 Å². The van der Waals surface area contributed by atoms with Gasteiger partial charge >= 0.3 is 0 Å². The van der Waals surface area contributed by atoms with E-state index >= 15 is 0 Å². The molecule has 0 aliphatic carbocycles. The van der Waals surface area contributed by atoms with Gasteiger partial charge in [0.15, 0.2) is 0 Å². The van der Waals surface area contributed by atoms with Gasteiger partial charge < -0.3 is 9.63 Å². The van der Waals surface area contributed by atoms with Gasteiger partial charge in [-0.05, 0) is 6.92 Å². The van der Waals surface area contributed by atoms with Crippen molar-refractivity contribution in [1.82, 2.24) is 10.1 Å². The SMILES string of the molecule is C[C@H](O)c1nc(-c2ccccc2)no1. The molecule has 1 aromatic carbocycles. The van der Waals surface area contributed by atoms with Crippen molar-refractivity contribution in [3.05, 3.63) is 36.2 Å². The molecule has 0 aliphatic heterocycles. The summed E-state index contributed by atoms with van der Waals surface area (Å²) in [4.78, 5) is 4.05. The van der Waals surface area contributed by atoms with Gasteiger partial charge in [0.2, 0.25) is 5.82 Å². The second-order valence-corrected chi connectivity index (χ2v) is 3.00. The van der Waals surface area contributed by atoms with Crippen molar-refractivity contribution in [3.8, 4) is 11.4 Å². The van der Waals surface area contributed by atoms with Crippen LogP contribution in [0.5, 0.6) is 0 Å². The molecule has 0 fully saturated rings. The average molecular weight is 190 g/mol. The lowest BCUT2D eigenvalue weighted by Gasteiger charge is -1.92. The highest BCUT2D eigenvalue weighted by atomic mass is 16.5. The molecule has 0 bridgehead atoms. The highest BCUT2D eigenvalue weighted by molar-refractivity contribution is 5.53. The lowest BCUT2D eigenvalue weighted by molar-refractivity contribution is 0.152. The molecule has 1 heterocycles. The Morgan fingerprint density at radius 3 is 2.57 bits per heavy atom. The number of hydrogen-bond acceptors (Lipinski definition) is 4. The van der Waals surface area contributed by atoms with E-state index in [0.29, 0.717) is 5.82 Å². The molecule has 72 valence electrons. The predicted octanol–water partition coefficient (Wildman–Crippen LogP) is 1.79. The van der Waals surface area contributed by atoms with Crippen LogP contribution in [0.2, 0.25) is 0 Å². The highest BCUT2D eigenvalue weighted by Crippen LogP contribution is 2.17. The van der Waals surface area contributed by atoms with Crippen LogP contribution in [-0.4, -0.2) is 15.2 Å².